The molecule has 132 valence electrons. The Bertz CT molecular complexity index is 725. The number of aromatic nitrogens is 2. The summed E-state index contributed by atoms with van der Waals surface area (Å²) in [5, 5.41) is 12.9. The second-order valence-corrected chi connectivity index (χ2v) is 6.35. The highest BCUT2D eigenvalue weighted by Crippen LogP contribution is 2.27. The van der Waals surface area contributed by atoms with Crippen LogP contribution in [0, 0.1) is 5.92 Å². The van der Waals surface area contributed by atoms with Crippen molar-refractivity contribution in [3.8, 4) is 0 Å². The van der Waals surface area contributed by atoms with Crippen LogP contribution in [0.25, 0.3) is 0 Å². The molecule has 1 aliphatic carbocycles. The molecule has 0 saturated heterocycles. The fraction of sp³-hybridized carbons (Fsp3) is 0.389. The van der Waals surface area contributed by atoms with Gasteiger partial charge in [-0.05, 0) is 56.5 Å². The second-order valence-electron chi connectivity index (χ2n) is 6.35. The normalized spacial score (nSPS) is 14.8. The molecule has 1 heterocycles. The SMILES string of the molecule is CC(C(=O)Nc1cccc(NC(=O)CNCC2CC2)c1)n1cccn1. The van der Waals surface area contributed by atoms with Gasteiger partial charge >= 0.3 is 0 Å². The molecule has 0 spiro atoms. The predicted molar refractivity (Wildman–Crippen MR) is 96.2 cm³/mol. The summed E-state index contributed by atoms with van der Waals surface area (Å²) >= 11 is 0. The highest BCUT2D eigenvalue weighted by Gasteiger charge is 2.20. The lowest BCUT2D eigenvalue weighted by Gasteiger charge is -2.13. The van der Waals surface area contributed by atoms with E-state index >= 15 is 0 Å². The van der Waals surface area contributed by atoms with Crippen molar-refractivity contribution in [2.45, 2.75) is 25.8 Å². The molecule has 0 radical (unpaired) electrons. The highest BCUT2D eigenvalue weighted by atomic mass is 16.2. The van der Waals surface area contributed by atoms with E-state index in [1.54, 1.807) is 54.3 Å². The molecule has 0 aliphatic heterocycles. The summed E-state index contributed by atoms with van der Waals surface area (Å²) in [6.07, 6.45) is 5.90. The van der Waals surface area contributed by atoms with E-state index in [4.69, 9.17) is 0 Å². The number of hydrogen-bond acceptors (Lipinski definition) is 4. The van der Waals surface area contributed by atoms with E-state index in [0.717, 1.165) is 12.5 Å². The van der Waals surface area contributed by atoms with Gasteiger partial charge in [0.1, 0.15) is 6.04 Å². The Kier molecular flexibility index (Phi) is 5.45. The standard InChI is InChI=1S/C18H23N5O2/c1-13(23-9-3-8-20-23)18(25)22-16-5-2-4-15(10-16)21-17(24)12-19-11-14-6-7-14/h2-5,8-10,13-14,19H,6-7,11-12H2,1H3,(H,21,24)(H,22,25). The van der Waals surface area contributed by atoms with E-state index in [9.17, 15) is 9.59 Å². The van der Waals surface area contributed by atoms with Gasteiger partial charge in [-0.15, -0.1) is 0 Å². The molecule has 1 aromatic carbocycles. The third-order valence-corrected chi connectivity index (χ3v) is 4.13. The third kappa shape index (κ3) is 5.15. The summed E-state index contributed by atoms with van der Waals surface area (Å²) in [6, 6.07) is 8.48. The van der Waals surface area contributed by atoms with Crippen molar-refractivity contribution in [2.75, 3.05) is 23.7 Å². The summed E-state index contributed by atoms with van der Waals surface area (Å²) < 4.78 is 1.59. The van der Waals surface area contributed by atoms with Crippen molar-refractivity contribution in [3.05, 3.63) is 42.7 Å². The number of anilines is 2. The molecule has 7 nitrogen and oxygen atoms in total. The zero-order valence-corrected chi connectivity index (χ0v) is 14.2. The first-order valence-electron chi connectivity index (χ1n) is 8.52. The average molecular weight is 341 g/mol. The number of carbonyl (C=O) groups is 2. The van der Waals surface area contributed by atoms with Gasteiger partial charge in [-0.25, -0.2) is 0 Å². The molecule has 1 fully saturated rings. The van der Waals surface area contributed by atoms with Crippen LogP contribution in [0.2, 0.25) is 0 Å². The molecule has 3 rings (SSSR count). The van der Waals surface area contributed by atoms with E-state index in [2.05, 4.69) is 21.0 Å². The van der Waals surface area contributed by atoms with Crippen molar-refractivity contribution in [2.24, 2.45) is 5.92 Å². The fourth-order valence-electron chi connectivity index (χ4n) is 2.47. The lowest BCUT2D eigenvalue weighted by molar-refractivity contribution is -0.119. The van der Waals surface area contributed by atoms with Crippen molar-refractivity contribution in [1.29, 1.82) is 0 Å². The lowest BCUT2D eigenvalue weighted by atomic mass is 10.2. The van der Waals surface area contributed by atoms with E-state index in [1.165, 1.54) is 12.8 Å². The van der Waals surface area contributed by atoms with Crippen molar-refractivity contribution in [1.82, 2.24) is 15.1 Å². The Morgan fingerprint density at radius 1 is 1.24 bits per heavy atom. The molecule has 1 unspecified atom stereocenters. The second kappa shape index (κ2) is 7.94. The zero-order valence-electron chi connectivity index (χ0n) is 14.2. The molecule has 7 heteroatoms. The molecule has 0 bridgehead atoms. The number of carbonyl (C=O) groups excluding carboxylic acids is 2. The molecular formula is C18H23N5O2. The number of amides is 2. The molecule has 2 aromatic rings. The molecule has 1 aliphatic rings. The van der Waals surface area contributed by atoms with Crippen LogP contribution in [0.5, 0.6) is 0 Å². The van der Waals surface area contributed by atoms with Crippen LogP contribution in [0.15, 0.2) is 42.7 Å². The number of hydrogen-bond donors (Lipinski definition) is 3. The monoisotopic (exact) mass is 341 g/mol. The van der Waals surface area contributed by atoms with Crippen molar-refractivity contribution < 1.29 is 9.59 Å². The summed E-state index contributed by atoms with van der Waals surface area (Å²) in [4.78, 5) is 24.2. The third-order valence-electron chi connectivity index (χ3n) is 4.13. The van der Waals surface area contributed by atoms with Crippen LogP contribution >= 0.6 is 0 Å². The van der Waals surface area contributed by atoms with Crippen LogP contribution < -0.4 is 16.0 Å². The maximum absolute atomic E-state index is 12.3. The summed E-state index contributed by atoms with van der Waals surface area (Å²) in [5.41, 5.74) is 1.29. The van der Waals surface area contributed by atoms with Crippen LogP contribution in [0.3, 0.4) is 0 Å². The van der Waals surface area contributed by atoms with E-state index < -0.39 is 6.04 Å². The van der Waals surface area contributed by atoms with Gasteiger partial charge in [-0.3, -0.25) is 14.3 Å². The molecule has 25 heavy (non-hydrogen) atoms. The van der Waals surface area contributed by atoms with Gasteiger partial charge in [0.25, 0.3) is 0 Å². The molecule has 1 atom stereocenters. The molecule has 3 N–H and O–H groups in total. The van der Waals surface area contributed by atoms with Gasteiger partial charge in [0, 0.05) is 23.8 Å². The first kappa shape index (κ1) is 17.2. The predicted octanol–water partition coefficient (Wildman–Crippen LogP) is 2.02. The zero-order chi connectivity index (χ0) is 17.6. The van der Waals surface area contributed by atoms with Crippen LogP contribution in [-0.2, 0) is 9.59 Å². The van der Waals surface area contributed by atoms with Crippen molar-refractivity contribution in [3.63, 3.8) is 0 Å². The topological polar surface area (TPSA) is 88.0 Å². The Labute approximate surface area is 146 Å². The number of nitrogens with one attached hydrogen (secondary N) is 3. The van der Waals surface area contributed by atoms with Crippen LogP contribution in [0.1, 0.15) is 25.8 Å². The summed E-state index contributed by atoms with van der Waals surface area (Å²) in [7, 11) is 0. The Hall–Kier alpha value is -2.67. The van der Waals surface area contributed by atoms with Gasteiger partial charge in [0.2, 0.25) is 11.8 Å². The maximum Gasteiger partial charge on any atom is 0.248 e. The molecular weight excluding hydrogens is 318 g/mol. The van der Waals surface area contributed by atoms with Crippen molar-refractivity contribution >= 4 is 23.2 Å². The minimum atomic E-state index is -0.417. The van der Waals surface area contributed by atoms with E-state index in [0.29, 0.717) is 17.9 Å². The fourth-order valence-corrected chi connectivity index (χ4v) is 2.47. The van der Waals surface area contributed by atoms with Gasteiger partial charge in [0.05, 0.1) is 6.54 Å². The summed E-state index contributed by atoms with van der Waals surface area (Å²) in [6.45, 7) is 2.97. The largest absolute Gasteiger partial charge is 0.325 e. The molecule has 1 aromatic heterocycles. The summed E-state index contributed by atoms with van der Waals surface area (Å²) in [5.74, 6) is 0.482. The smallest absolute Gasteiger partial charge is 0.248 e. The number of rotatable bonds is 8. The van der Waals surface area contributed by atoms with Gasteiger partial charge in [-0.2, -0.15) is 5.10 Å². The van der Waals surface area contributed by atoms with Gasteiger partial charge in [-0.1, -0.05) is 6.07 Å². The van der Waals surface area contributed by atoms with E-state index in [-0.39, 0.29) is 11.8 Å². The quantitative estimate of drug-likeness (QED) is 0.685. The lowest BCUT2D eigenvalue weighted by Crippen LogP contribution is -2.29. The Balaban J connectivity index is 1.51. The van der Waals surface area contributed by atoms with Crippen LogP contribution in [0.4, 0.5) is 11.4 Å². The van der Waals surface area contributed by atoms with Gasteiger partial charge < -0.3 is 16.0 Å². The number of nitrogens with zero attached hydrogens (tertiary/aromatic N) is 2. The first-order valence-corrected chi connectivity index (χ1v) is 8.52. The maximum atomic E-state index is 12.3. The minimum absolute atomic E-state index is 0.0889. The molecule has 1 saturated carbocycles. The Morgan fingerprint density at radius 2 is 2.00 bits per heavy atom. The highest BCUT2D eigenvalue weighted by molar-refractivity contribution is 5.96. The van der Waals surface area contributed by atoms with E-state index in [1.807, 2.05) is 0 Å². The average Bonchev–Trinajstić information content (AvgIpc) is 3.25. The first-order chi connectivity index (χ1) is 12.1. The minimum Gasteiger partial charge on any atom is -0.325 e. The van der Waals surface area contributed by atoms with Crippen LogP contribution in [-0.4, -0.2) is 34.7 Å². The van der Waals surface area contributed by atoms with Gasteiger partial charge in [0.15, 0.2) is 0 Å². The number of benzene rings is 1. The Morgan fingerprint density at radius 3 is 2.68 bits per heavy atom. The molecule has 2 amide bonds.